The predicted octanol–water partition coefficient (Wildman–Crippen LogP) is 0.870. The highest BCUT2D eigenvalue weighted by atomic mass is 16.6. The summed E-state index contributed by atoms with van der Waals surface area (Å²) in [7, 11) is 0. The fourth-order valence-electron chi connectivity index (χ4n) is 2.34. The molecule has 1 aliphatic heterocycles. The lowest BCUT2D eigenvalue weighted by Gasteiger charge is -2.19. The average Bonchev–Trinajstić information content (AvgIpc) is 2.87. The Morgan fingerprint density at radius 2 is 2.07 bits per heavy atom. The summed E-state index contributed by atoms with van der Waals surface area (Å²) in [5.74, 6) is -0.00797. The number of rotatable bonds is 3. The van der Waals surface area contributed by atoms with Crippen molar-refractivity contribution in [3.8, 4) is 0 Å². The number of ether oxygens (including phenoxy) is 2. The second-order valence-corrected chi connectivity index (χ2v) is 4.34. The Kier molecular flexibility index (Phi) is 3.59. The van der Waals surface area contributed by atoms with Crippen molar-refractivity contribution in [2.45, 2.75) is 44.3 Å². The van der Waals surface area contributed by atoms with Crippen LogP contribution in [0.3, 0.4) is 0 Å². The number of hydrogen-bond acceptors (Lipinski definition) is 4. The summed E-state index contributed by atoms with van der Waals surface area (Å²) in [6.45, 7) is 0.510. The lowest BCUT2D eigenvalue weighted by molar-refractivity contribution is -0.157. The van der Waals surface area contributed by atoms with E-state index in [2.05, 4.69) is 0 Å². The van der Waals surface area contributed by atoms with Crippen LogP contribution in [0, 0.1) is 5.92 Å². The molecule has 15 heavy (non-hydrogen) atoms. The molecule has 0 radical (unpaired) electrons. The number of aliphatic hydroxyl groups is 1. The molecule has 4 nitrogen and oxygen atoms in total. The van der Waals surface area contributed by atoms with Gasteiger partial charge < -0.3 is 14.6 Å². The largest absolute Gasteiger partial charge is 0.459 e. The quantitative estimate of drug-likeness (QED) is 0.708. The van der Waals surface area contributed by atoms with Gasteiger partial charge in [-0.2, -0.15) is 0 Å². The van der Waals surface area contributed by atoms with E-state index in [-0.39, 0.29) is 30.7 Å². The van der Waals surface area contributed by atoms with Crippen molar-refractivity contribution >= 4 is 5.97 Å². The average molecular weight is 214 g/mol. The van der Waals surface area contributed by atoms with Crippen LogP contribution in [0.15, 0.2) is 0 Å². The molecule has 1 aliphatic carbocycles. The molecule has 1 heterocycles. The molecule has 0 amide bonds. The zero-order chi connectivity index (χ0) is 10.7. The second-order valence-electron chi connectivity index (χ2n) is 4.34. The summed E-state index contributed by atoms with van der Waals surface area (Å²) >= 11 is 0. The summed E-state index contributed by atoms with van der Waals surface area (Å²) < 4.78 is 10.6. The summed E-state index contributed by atoms with van der Waals surface area (Å²) in [4.78, 5) is 11.7. The van der Waals surface area contributed by atoms with E-state index in [0.29, 0.717) is 13.0 Å². The first-order chi connectivity index (χ1) is 7.31. The zero-order valence-corrected chi connectivity index (χ0v) is 8.85. The molecule has 0 aromatic rings. The van der Waals surface area contributed by atoms with Crippen LogP contribution in [0.25, 0.3) is 0 Å². The highest BCUT2D eigenvalue weighted by Crippen LogP contribution is 2.27. The fraction of sp³-hybridized carbons (Fsp3) is 0.909. The van der Waals surface area contributed by atoms with Crippen molar-refractivity contribution in [1.29, 1.82) is 0 Å². The molecule has 1 saturated carbocycles. The van der Waals surface area contributed by atoms with Gasteiger partial charge in [-0.25, -0.2) is 0 Å². The molecule has 2 atom stereocenters. The summed E-state index contributed by atoms with van der Waals surface area (Å²) in [5.41, 5.74) is 0. The van der Waals surface area contributed by atoms with Crippen molar-refractivity contribution in [1.82, 2.24) is 0 Å². The van der Waals surface area contributed by atoms with Crippen molar-refractivity contribution in [2.75, 3.05) is 13.2 Å². The summed E-state index contributed by atoms with van der Waals surface area (Å²) in [5, 5.41) is 9.00. The molecule has 2 rings (SSSR count). The minimum atomic E-state index is -0.310. The third kappa shape index (κ3) is 2.49. The van der Waals surface area contributed by atoms with E-state index < -0.39 is 0 Å². The van der Waals surface area contributed by atoms with E-state index in [1.807, 2.05) is 0 Å². The van der Waals surface area contributed by atoms with Gasteiger partial charge in [0.05, 0.1) is 19.1 Å². The molecule has 1 N–H and O–H groups in total. The van der Waals surface area contributed by atoms with Gasteiger partial charge in [0.1, 0.15) is 12.2 Å². The van der Waals surface area contributed by atoms with Crippen LogP contribution in [0.1, 0.15) is 32.1 Å². The maximum Gasteiger partial charge on any atom is 0.309 e. The normalized spacial score (nSPS) is 32.1. The van der Waals surface area contributed by atoms with Gasteiger partial charge in [0.15, 0.2) is 0 Å². The number of aliphatic hydroxyl groups excluding tert-OH is 1. The molecule has 4 heteroatoms. The van der Waals surface area contributed by atoms with Gasteiger partial charge in [-0.05, 0) is 12.8 Å². The monoisotopic (exact) mass is 214 g/mol. The maximum atomic E-state index is 11.7. The lowest BCUT2D eigenvalue weighted by Crippen LogP contribution is -2.32. The minimum Gasteiger partial charge on any atom is -0.459 e. The highest BCUT2D eigenvalue weighted by Gasteiger charge is 2.33. The van der Waals surface area contributed by atoms with Gasteiger partial charge in [-0.15, -0.1) is 0 Å². The van der Waals surface area contributed by atoms with E-state index in [0.717, 1.165) is 25.7 Å². The van der Waals surface area contributed by atoms with Crippen LogP contribution in [-0.2, 0) is 14.3 Å². The molecule has 0 unspecified atom stereocenters. The molecule has 0 spiro atoms. The van der Waals surface area contributed by atoms with Crippen molar-refractivity contribution in [3.05, 3.63) is 0 Å². The van der Waals surface area contributed by atoms with E-state index in [4.69, 9.17) is 14.6 Å². The van der Waals surface area contributed by atoms with Crippen LogP contribution >= 0.6 is 0 Å². The van der Waals surface area contributed by atoms with Gasteiger partial charge in [0, 0.05) is 6.42 Å². The molecule has 0 bridgehead atoms. The van der Waals surface area contributed by atoms with E-state index >= 15 is 0 Å². The fourth-order valence-corrected chi connectivity index (χ4v) is 2.34. The van der Waals surface area contributed by atoms with Gasteiger partial charge in [-0.3, -0.25) is 4.79 Å². The molecular weight excluding hydrogens is 196 g/mol. The summed E-state index contributed by atoms with van der Waals surface area (Å²) in [6.07, 6.45) is 4.34. The number of esters is 1. The van der Waals surface area contributed by atoms with Crippen molar-refractivity contribution in [2.24, 2.45) is 5.92 Å². The Hall–Kier alpha value is -0.610. The third-order valence-corrected chi connectivity index (χ3v) is 3.28. The van der Waals surface area contributed by atoms with Crippen LogP contribution in [-0.4, -0.2) is 36.5 Å². The SMILES string of the molecule is O=C(O[C@H]1CCO[C@@H]1CO)C1CCCC1. The van der Waals surface area contributed by atoms with Crippen LogP contribution < -0.4 is 0 Å². The Morgan fingerprint density at radius 3 is 2.73 bits per heavy atom. The van der Waals surface area contributed by atoms with Gasteiger partial charge >= 0.3 is 5.97 Å². The first kappa shape index (κ1) is 10.9. The van der Waals surface area contributed by atoms with Crippen LogP contribution in [0.4, 0.5) is 0 Å². The Balaban J connectivity index is 1.82. The van der Waals surface area contributed by atoms with Gasteiger partial charge in [-0.1, -0.05) is 12.8 Å². The highest BCUT2D eigenvalue weighted by molar-refractivity contribution is 5.72. The number of carbonyl (C=O) groups is 1. The first-order valence-electron chi connectivity index (χ1n) is 5.74. The molecule has 1 saturated heterocycles. The molecular formula is C11H18O4. The molecule has 2 fully saturated rings. The number of carbonyl (C=O) groups excluding carboxylic acids is 1. The van der Waals surface area contributed by atoms with Crippen molar-refractivity contribution in [3.63, 3.8) is 0 Å². The number of hydrogen-bond donors (Lipinski definition) is 1. The Labute approximate surface area is 89.6 Å². The van der Waals surface area contributed by atoms with Gasteiger partial charge in [0.25, 0.3) is 0 Å². The summed E-state index contributed by atoms with van der Waals surface area (Å²) in [6, 6.07) is 0. The van der Waals surface area contributed by atoms with E-state index in [1.165, 1.54) is 0 Å². The first-order valence-corrected chi connectivity index (χ1v) is 5.74. The maximum absolute atomic E-state index is 11.7. The van der Waals surface area contributed by atoms with Gasteiger partial charge in [0.2, 0.25) is 0 Å². The standard InChI is InChI=1S/C11H18O4/c12-7-10-9(5-6-14-10)15-11(13)8-3-1-2-4-8/h8-10,12H,1-7H2/t9-,10+/m0/s1. The second kappa shape index (κ2) is 4.94. The van der Waals surface area contributed by atoms with Crippen LogP contribution in [0.5, 0.6) is 0 Å². The lowest BCUT2D eigenvalue weighted by atomic mass is 10.1. The zero-order valence-electron chi connectivity index (χ0n) is 8.85. The molecule has 2 aliphatic rings. The Morgan fingerprint density at radius 1 is 1.33 bits per heavy atom. The molecule has 0 aromatic heterocycles. The van der Waals surface area contributed by atoms with E-state index in [9.17, 15) is 4.79 Å². The molecule has 86 valence electrons. The Bertz CT molecular complexity index is 223. The molecule has 0 aromatic carbocycles. The minimum absolute atomic E-state index is 0.0669. The van der Waals surface area contributed by atoms with E-state index in [1.54, 1.807) is 0 Å². The van der Waals surface area contributed by atoms with Crippen molar-refractivity contribution < 1.29 is 19.4 Å². The topological polar surface area (TPSA) is 55.8 Å². The van der Waals surface area contributed by atoms with Crippen LogP contribution in [0.2, 0.25) is 0 Å². The third-order valence-electron chi connectivity index (χ3n) is 3.28. The predicted molar refractivity (Wildman–Crippen MR) is 53.3 cm³/mol. The smallest absolute Gasteiger partial charge is 0.309 e.